The van der Waals surface area contributed by atoms with Crippen molar-refractivity contribution in [1.29, 1.82) is 0 Å². The summed E-state index contributed by atoms with van der Waals surface area (Å²) in [5.74, 6) is -1.97. The Bertz CT molecular complexity index is 330. The molecular weight excluding hydrogens is 193 g/mol. The number of carboxylic acids is 1. The standard InChI is InChI=1S/C8H8FNO2S/c1-10-13-5-2-3-7(9)6(4-5)8(11)12/h2-4,10H,1H3,(H,11,12). The number of aromatic carboxylic acids is 1. The summed E-state index contributed by atoms with van der Waals surface area (Å²) in [6.45, 7) is 0. The van der Waals surface area contributed by atoms with Gasteiger partial charge in [0.2, 0.25) is 0 Å². The van der Waals surface area contributed by atoms with E-state index < -0.39 is 11.8 Å². The predicted octanol–water partition coefficient (Wildman–Crippen LogP) is 1.75. The Morgan fingerprint density at radius 3 is 2.85 bits per heavy atom. The number of carbonyl (C=O) groups is 1. The first-order valence-electron chi connectivity index (χ1n) is 3.51. The normalized spacial score (nSPS) is 10.0. The number of hydrogen-bond acceptors (Lipinski definition) is 3. The van der Waals surface area contributed by atoms with Crippen LogP contribution in [0.1, 0.15) is 10.4 Å². The van der Waals surface area contributed by atoms with E-state index in [9.17, 15) is 9.18 Å². The summed E-state index contributed by atoms with van der Waals surface area (Å²) in [5.41, 5.74) is -0.305. The molecule has 70 valence electrons. The molecule has 5 heteroatoms. The van der Waals surface area contributed by atoms with Crippen molar-refractivity contribution in [3.63, 3.8) is 0 Å². The van der Waals surface area contributed by atoms with Crippen LogP contribution in [-0.4, -0.2) is 18.1 Å². The lowest BCUT2D eigenvalue weighted by atomic mass is 10.2. The minimum Gasteiger partial charge on any atom is -0.478 e. The molecule has 0 bridgehead atoms. The van der Waals surface area contributed by atoms with Crippen molar-refractivity contribution < 1.29 is 14.3 Å². The van der Waals surface area contributed by atoms with Gasteiger partial charge in [-0.05, 0) is 37.2 Å². The van der Waals surface area contributed by atoms with Gasteiger partial charge in [0.1, 0.15) is 5.82 Å². The Morgan fingerprint density at radius 2 is 2.31 bits per heavy atom. The molecule has 13 heavy (non-hydrogen) atoms. The van der Waals surface area contributed by atoms with E-state index in [2.05, 4.69) is 4.72 Å². The van der Waals surface area contributed by atoms with Crippen LogP contribution in [0.3, 0.4) is 0 Å². The second-order valence-corrected chi connectivity index (χ2v) is 3.34. The monoisotopic (exact) mass is 201 g/mol. The summed E-state index contributed by atoms with van der Waals surface area (Å²) in [4.78, 5) is 11.2. The molecule has 1 aromatic rings. The second kappa shape index (κ2) is 4.25. The largest absolute Gasteiger partial charge is 0.478 e. The van der Waals surface area contributed by atoms with Crippen LogP contribution in [0.4, 0.5) is 4.39 Å². The number of benzene rings is 1. The van der Waals surface area contributed by atoms with Gasteiger partial charge in [-0.2, -0.15) is 0 Å². The summed E-state index contributed by atoms with van der Waals surface area (Å²) in [7, 11) is 1.70. The zero-order valence-electron chi connectivity index (χ0n) is 6.87. The van der Waals surface area contributed by atoms with Gasteiger partial charge in [-0.15, -0.1) is 0 Å². The topological polar surface area (TPSA) is 49.3 Å². The van der Waals surface area contributed by atoms with E-state index in [1.807, 2.05) is 0 Å². The van der Waals surface area contributed by atoms with Gasteiger partial charge in [-0.1, -0.05) is 0 Å². The van der Waals surface area contributed by atoms with Gasteiger partial charge >= 0.3 is 5.97 Å². The molecule has 0 saturated carbocycles. The van der Waals surface area contributed by atoms with Crippen molar-refractivity contribution in [3.05, 3.63) is 29.6 Å². The number of carboxylic acid groups (broad SMARTS) is 1. The lowest BCUT2D eigenvalue weighted by Crippen LogP contribution is -2.01. The van der Waals surface area contributed by atoms with Gasteiger partial charge in [0.05, 0.1) is 5.56 Å². The molecule has 3 nitrogen and oxygen atoms in total. The maximum atomic E-state index is 12.9. The summed E-state index contributed by atoms with van der Waals surface area (Å²) in [6, 6.07) is 3.95. The van der Waals surface area contributed by atoms with E-state index in [1.54, 1.807) is 7.05 Å². The fraction of sp³-hybridized carbons (Fsp3) is 0.125. The van der Waals surface area contributed by atoms with Crippen molar-refractivity contribution in [3.8, 4) is 0 Å². The number of hydrogen-bond donors (Lipinski definition) is 2. The molecule has 0 heterocycles. The molecule has 0 aliphatic rings. The van der Waals surface area contributed by atoms with Gasteiger partial charge in [-0.25, -0.2) is 9.18 Å². The third-order valence-corrected chi connectivity index (χ3v) is 2.08. The smallest absolute Gasteiger partial charge is 0.338 e. The fourth-order valence-electron chi connectivity index (χ4n) is 0.850. The number of nitrogens with one attached hydrogen (secondary N) is 1. The molecule has 1 rings (SSSR count). The van der Waals surface area contributed by atoms with E-state index in [0.717, 1.165) is 6.07 Å². The Labute approximate surface area is 79.1 Å². The van der Waals surface area contributed by atoms with Gasteiger partial charge < -0.3 is 5.11 Å². The lowest BCUT2D eigenvalue weighted by molar-refractivity contribution is 0.0691. The fourth-order valence-corrected chi connectivity index (χ4v) is 1.40. The van der Waals surface area contributed by atoms with Crippen LogP contribution in [0, 0.1) is 5.82 Å². The summed E-state index contributed by atoms with van der Waals surface area (Å²) in [5, 5.41) is 8.59. The maximum Gasteiger partial charge on any atom is 0.338 e. The zero-order chi connectivity index (χ0) is 9.84. The van der Waals surface area contributed by atoms with Crippen LogP contribution >= 0.6 is 11.9 Å². The first kappa shape index (κ1) is 10.0. The SMILES string of the molecule is CNSc1ccc(F)c(C(=O)O)c1. The van der Waals surface area contributed by atoms with Crippen molar-refractivity contribution in [2.75, 3.05) is 7.05 Å². The molecule has 2 N–H and O–H groups in total. The second-order valence-electron chi connectivity index (χ2n) is 2.25. The molecule has 0 spiro atoms. The van der Waals surface area contributed by atoms with Crippen LogP contribution in [0.25, 0.3) is 0 Å². The molecule has 1 aromatic carbocycles. The molecule has 0 saturated heterocycles. The Morgan fingerprint density at radius 1 is 1.62 bits per heavy atom. The number of rotatable bonds is 3. The zero-order valence-corrected chi connectivity index (χ0v) is 7.69. The highest BCUT2D eigenvalue weighted by molar-refractivity contribution is 7.97. The average Bonchev–Trinajstić information content (AvgIpc) is 2.08. The first-order chi connectivity index (χ1) is 6.15. The molecule has 0 amide bonds. The molecule has 0 aliphatic carbocycles. The Hall–Kier alpha value is -1.07. The minimum absolute atomic E-state index is 0.305. The highest BCUT2D eigenvalue weighted by atomic mass is 32.2. The molecule has 0 unspecified atom stereocenters. The van der Waals surface area contributed by atoms with Crippen LogP contribution in [-0.2, 0) is 0 Å². The van der Waals surface area contributed by atoms with E-state index >= 15 is 0 Å². The predicted molar refractivity (Wildman–Crippen MR) is 48.3 cm³/mol. The Balaban J connectivity index is 3.04. The molecule has 0 aliphatic heterocycles. The van der Waals surface area contributed by atoms with Gasteiger partial charge in [0.25, 0.3) is 0 Å². The molecule has 0 atom stereocenters. The highest BCUT2D eigenvalue weighted by Gasteiger charge is 2.10. The van der Waals surface area contributed by atoms with Crippen LogP contribution in [0.2, 0.25) is 0 Å². The Kier molecular flexibility index (Phi) is 3.27. The summed E-state index contributed by atoms with van der Waals surface area (Å²) < 4.78 is 15.6. The maximum absolute atomic E-state index is 12.9. The quantitative estimate of drug-likeness (QED) is 0.731. The highest BCUT2D eigenvalue weighted by Crippen LogP contribution is 2.18. The summed E-state index contributed by atoms with van der Waals surface area (Å²) in [6.07, 6.45) is 0. The van der Waals surface area contributed by atoms with Crippen molar-refractivity contribution in [2.45, 2.75) is 4.90 Å². The lowest BCUT2D eigenvalue weighted by Gasteiger charge is -2.01. The van der Waals surface area contributed by atoms with E-state index in [4.69, 9.17) is 5.11 Å². The van der Waals surface area contributed by atoms with Crippen LogP contribution < -0.4 is 4.72 Å². The van der Waals surface area contributed by atoms with Crippen LogP contribution in [0.15, 0.2) is 23.1 Å². The first-order valence-corrected chi connectivity index (χ1v) is 4.33. The third-order valence-electron chi connectivity index (χ3n) is 1.39. The van der Waals surface area contributed by atoms with E-state index in [1.165, 1.54) is 24.1 Å². The molecule has 0 aromatic heterocycles. The molecule has 0 radical (unpaired) electrons. The van der Waals surface area contributed by atoms with Gasteiger partial charge in [-0.3, -0.25) is 4.72 Å². The molecular formula is C8H8FNO2S. The third kappa shape index (κ3) is 2.43. The molecule has 0 fully saturated rings. The summed E-state index contributed by atoms with van der Waals surface area (Å²) >= 11 is 1.24. The van der Waals surface area contributed by atoms with E-state index in [-0.39, 0.29) is 5.56 Å². The van der Waals surface area contributed by atoms with Crippen molar-refractivity contribution in [1.82, 2.24) is 4.72 Å². The minimum atomic E-state index is -1.25. The number of halogens is 1. The average molecular weight is 201 g/mol. The van der Waals surface area contributed by atoms with Gasteiger partial charge in [0.15, 0.2) is 0 Å². The van der Waals surface area contributed by atoms with Crippen LogP contribution in [0.5, 0.6) is 0 Å². The van der Waals surface area contributed by atoms with Crippen molar-refractivity contribution >= 4 is 17.9 Å². The van der Waals surface area contributed by atoms with Crippen molar-refractivity contribution in [2.24, 2.45) is 0 Å². The van der Waals surface area contributed by atoms with E-state index in [0.29, 0.717) is 4.90 Å². The van der Waals surface area contributed by atoms with Gasteiger partial charge in [0, 0.05) is 4.90 Å².